The number of nitrogens with one attached hydrogen (secondary N) is 1. The fourth-order valence-corrected chi connectivity index (χ4v) is 7.58. The topological polar surface area (TPSA) is 83.8 Å². The first kappa shape index (κ1) is 24.1. The zero-order valence-electron chi connectivity index (χ0n) is 20.5. The number of hydrogen-bond donors (Lipinski definition) is 2. The first-order chi connectivity index (χ1) is 16.9. The van der Waals surface area contributed by atoms with E-state index in [0.29, 0.717) is 41.7 Å². The predicted octanol–water partition coefficient (Wildman–Crippen LogP) is 6.47. The lowest BCUT2D eigenvalue weighted by Gasteiger charge is -2.50. The van der Waals surface area contributed by atoms with Crippen LogP contribution in [0.1, 0.15) is 68.9 Å². The van der Waals surface area contributed by atoms with Crippen LogP contribution < -0.4 is 10.1 Å². The van der Waals surface area contributed by atoms with Crippen molar-refractivity contribution < 1.29 is 14.7 Å². The third-order valence-corrected chi connectivity index (χ3v) is 9.13. The second-order valence-corrected chi connectivity index (χ2v) is 11.1. The summed E-state index contributed by atoms with van der Waals surface area (Å²) in [7, 11) is 1.59. The number of halogens is 1. The normalized spacial score (nSPS) is 30.3. The first-order valence-corrected chi connectivity index (χ1v) is 13.1. The average Bonchev–Trinajstić information content (AvgIpc) is 3.15. The van der Waals surface area contributed by atoms with Crippen LogP contribution in [0.3, 0.4) is 0 Å². The van der Waals surface area contributed by atoms with Gasteiger partial charge in [0.05, 0.1) is 12.8 Å². The van der Waals surface area contributed by atoms with Crippen LogP contribution >= 0.6 is 11.6 Å². The minimum atomic E-state index is -0.0583. The Labute approximate surface area is 212 Å². The van der Waals surface area contributed by atoms with Crippen molar-refractivity contribution >= 4 is 29.0 Å². The fraction of sp³-hybridized carbons (Fsp3) is 0.536. The number of amides is 1. The van der Waals surface area contributed by atoms with E-state index >= 15 is 0 Å². The summed E-state index contributed by atoms with van der Waals surface area (Å²) in [4.78, 5) is 16.8. The fourth-order valence-electron chi connectivity index (χ4n) is 7.39. The molecule has 3 aliphatic carbocycles. The molecule has 6 nitrogen and oxygen atoms in total. The highest BCUT2D eigenvalue weighted by atomic mass is 35.5. The second kappa shape index (κ2) is 9.81. The van der Waals surface area contributed by atoms with Gasteiger partial charge in [-0.2, -0.15) is 0 Å². The van der Waals surface area contributed by atoms with Crippen LogP contribution in [0.5, 0.6) is 5.75 Å². The molecule has 0 spiro atoms. The van der Waals surface area contributed by atoms with Gasteiger partial charge in [-0.05, 0) is 97.9 Å². The molecule has 2 aromatic rings. The lowest BCUT2D eigenvalue weighted by atomic mass is 9.54. The van der Waals surface area contributed by atoms with Crippen LogP contribution in [0.25, 0.3) is 0 Å². The summed E-state index contributed by atoms with van der Waals surface area (Å²) in [6, 6.07) is 9.88. The lowest BCUT2D eigenvalue weighted by Crippen LogP contribution is -2.44. The Morgan fingerprint density at radius 3 is 2.97 bits per heavy atom. The lowest BCUT2D eigenvalue weighted by molar-refractivity contribution is -0.116. The third-order valence-electron chi connectivity index (χ3n) is 8.90. The Morgan fingerprint density at radius 2 is 2.17 bits per heavy atom. The van der Waals surface area contributed by atoms with E-state index in [1.165, 1.54) is 11.1 Å². The van der Waals surface area contributed by atoms with Gasteiger partial charge in [0, 0.05) is 29.1 Å². The number of rotatable bonds is 6. The monoisotopic (exact) mass is 495 g/mol. The number of methoxy groups -OCH3 is 1. The molecular formula is C28H34ClN3O3. The Bertz CT molecular complexity index is 1140. The zero-order chi connectivity index (χ0) is 24.6. The maximum absolute atomic E-state index is 12.6. The Morgan fingerprint density at radius 1 is 1.31 bits per heavy atom. The molecule has 1 aromatic carbocycles. The Kier molecular flexibility index (Phi) is 6.75. The molecule has 7 heteroatoms. The minimum Gasteiger partial charge on any atom is -0.497 e. The molecule has 1 heterocycles. The van der Waals surface area contributed by atoms with Crippen LogP contribution in [0, 0.1) is 23.2 Å². The zero-order valence-corrected chi connectivity index (χ0v) is 21.2. The number of carbonyl (C=O) groups is 1. The van der Waals surface area contributed by atoms with Gasteiger partial charge in [-0.3, -0.25) is 4.79 Å². The summed E-state index contributed by atoms with van der Waals surface area (Å²) >= 11 is 6.29. The SMILES string of the molecule is COc1ccnc(NC(=O)CCC[C@@H]2C/C(=N\O)[C@@]3(C)CCC4c5ccc(Cl)cc5CCC4C23)c1. The smallest absolute Gasteiger partial charge is 0.225 e. The van der Waals surface area contributed by atoms with E-state index in [9.17, 15) is 10.0 Å². The van der Waals surface area contributed by atoms with Crippen molar-refractivity contribution in [1.29, 1.82) is 0 Å². The summed E-state index contributed by atoms with van der Waals surface area (Å²) in [6.45, 7) is 2.31. The van der Waals surface area contributed by atoms with E-state index in [4.69, 9.17) is 16.3 Å². The number of benzene rings is 1. The molecule has 186 valence electrons. The number of nitrogens with zero attached hydrogens (tertiary/aromatic N) is 2. The number of carbonyl (C=O) groups excluding carboxylic acids is 1. The minimum absolute atomic E-state index is 0.0347. The van der Waals surface area contributed by atoms with Gasteiger partial charge in [0.2, 0.25) is 5.91 Å². The number of ether oxygens (including phenoxy) is 1. The quantitative estimate of drug-likeness (QED) is 0.355. The maximum atomic E-state index is 12.6. The highest BCUT2D eigenvalue weighted by Crippen LogP contribution is 2.62. The Hall–Kier alpha value is -2.60. The molecule has 2 saturated carbocycles. The van der Waals surface area contributed by atoms with Crippen LogP contribution in [-0.4, -0.2) is 28.9 Å². The number of anilines is 1. The van der Waals surface area contributed by atoms with Crippen LogP contribution in [-0.2, 0) is 11.2 Å². The van der Waals surface area contributed by atoms with E-state index in [1.54, 1.807) is 25.4 Å². The average molecular weight is 496 g/mol. The highest BCUT2D eigenvalue weighted by molar-refractivity contribution is 6.30. The molecule has 35 heavy (non-hydrogen) atoms. The molecule has 0 aliphatic heterocycles. The van der Waals surface area contributed by atoms with E-state index in [2.05, 4.69) is 34.5 Å². The Balaban J connectivity index is 1.28. The van der Waals surface area contributed by atoms with Crippen LogP contribution in [0.4, 0.5) is 5.82 Å². The summed E-state index contributed by atoms with van der Waals surface area (Å²) in [5.41, 5.74) is 3.76. The van der Waals surface area contributed by atoms with Crippen LogP contribution in [0.15, 0.2) is 41.7 Å². The van der Waals surface area contributed by atoms with Gasteiger partial charge in [-0.1, -0.05) is 29.7 Å². The number of hydrogen-bond acceptors (Lipinski definition) is 5. The molecule has 3 aliphatic rings. The summed E-state index contributed by atoms with van der Waals surface area (Å²) in [5.74, 6) is 3.15. The third kappa shape index (κ3) is 4.53. The molecule has 5 rings (SSSR count). The molecule has 1 amide bonds. The largest absolute Gasteiger partial charge is 0.497 e. The van der Waals surface area contributed by atoms with Crippen molar-refractivity contribution in [3.05, 3.63) is 52.7 Å². The molecule has 2 fully saturated rings. The van der Waals surface area contributed by atoms with E-state index in [0.717, 1.165) is 55.7 Å². The molecule has 1 aromatic heterocycles. The van der Waals surface area contributed by atoms with Gasteiger partial charge < -0.3 is 15.3 Å². The van der Waals surface area contributed by atoms with Gasteiger partial charge in [0.1, 0.15) is 11.6 Å². The van der Waals surface area contributed by atoms with Crippen molar-refractivity contribution in [1.82, 2.24) is 4.98 Å². The molecule has 0 bridgehead atoms. The maximum Gasteiger partial charge on any atom is 0.225 e. The summed E-state index contributed by atoms with van der Waals surface area (Å²) in [6.07, 6.45) is 9.01. The predicted molar refractivity (Wildman–Crippen MR) is 137 cm³/mol. The van der Waals surface area contributed by atoms with Crippen molar-refractivity contribution in [2.45, 2.75) is 64.2 Å². The molecule has 0 radical (unpaired) electrons. The van der Waals surface area contributed by atoms with Crippen molar-refractivity contribution in [2.24, 2.45) is 28.3 Å². The first-order valence-electron chi connectivity index (χ1n) is 12.7. The van der Waals surface area contributed by atoms with Crippen molar-refractivity contribution in [3.63, 3.8) is 0 Å². The van der Waals surface area contributed by atoms with Gasteiger partial charge in [-0.15, -0.1) is 0 Å². The van der Waals surface area contributed by atoms with Gasteiger partial charge in [-0.25, -0.2) is 4.98 Å². The number of aryl methyl sites for hydroxylation is 1. The van der Waals surface area contributed by atoms with Gasteiger partial charge in [0.25, 0.3) is 0 Å². The van der Waals surface area contributed by atoms with Crippen LogP contribution in [0.2, 0.25) is 5.02 Å². The highest BCUT2D eigenvalue weighted by Gasteiger charge is 2.57. The summed E-state index contributed by atoms with van der Waals surface area (Å²) in [5, 5.41) is 17.4. The molecule has 3 unspecified atom stereocenters. The second-order valence-electron chi connectivity index (χ2n) is 10.7. The van der Waals surface area contributed by atoms with Crippen molar-refractivity contribution in [3.8, 4) is 5.75 Å². The summed E-state index contributed by atoms with van der Waals surface area (Å²) < 4.78 is 5.21. The molecule has 0 saturated heterocycles. The molecule has 2 N–H and O–H groups in total. The van der Waals surface area contributed by atoms with Crippen molar-refractivity contribution in [2.75, 3.05) is 12.4 Å². The molecular weight excluding hydrogens is 462 g/mol. The van der Waals surface area contributed by atoms with Gasteiger partial charge >= 0.3 is 0 Å². The van der Waals surface area contributed by atoms with E-state index in [-0.39, 0.29) is 11.3 Å². The van der Waals surface area contributed by atoms with E-state index in [1.807, 2.05) is 6.07 Å². The number of pyridine rings is 1. The number of fused-ring (bicyclic) bond motifs is 5. The number of oxime groups is 1. The van der Waals surface area contributed by atoms with Gasteiger partial charge in [0.15, 0.2) is 0 Å². The van der Waals surface area contributed by atoms with E-state index < -0.39 is 0 Å². The molecule has 5 atom stereocenters. The number of aromatic nitrogens is 1. The standard InChI is InChI=1S/C28H34ClN3O3/c1-28-12-10-22-21-9-7-19(29)14-17(21)6-8-23(22)27(28)18(15-24(28)32-34)4-3-5-26(33)31-25-16-20(35-2)11-13-30-25/h7,9,11,13-14,16,18,22-23,27,34H,3-6,8,10,12,15H2,1-2H3,(H,30,31,33)/b32-24+/t18-,22?,23?,27?,28-/m1/s1.